The van der Waals surface area contributed by atoms with Gasteiger partial charge in [0.05, 0.1) is 18.9 Å². The molecule has 0 amide bonds. The topological polar surface area (TPSA) is 42.4 Å². The Bertz CT molecular complexity index is 318. The third-order valence-corrected chi connectivity index (χ3v) is 3.19. The summed E-state index contributed by atoms with van der Waals surface area (Å²) in [6, 6.07) is 1.85. The van der Waals surface area contributed by atoms with Crippen molar-refractivity contribution in [2.45, 2.75) is 32.1 Å². The number of pyridine rings is 1. The third-order valence-electron chi connectivity index (χ3n) is 2.02. The maximum absolute atomic E-state index is 9.95. The Morgan fingerprint density at radius 3 is 2.81 bits per heavy atom. The molecule has 0 spiro atoms. The fourth-order valence-electron chi connectivity index (χ4n) is 1.24. The fourth-order valence-corrected chi connectivity index (χ4v) is 2.00. The molecule has 1 rings (SSSR count). The minimum atomic E-state index is -0.472. The summed E-state index contributed by atoms with van der Waals surface area (Å²) < 4.78 is 5.34. The Kier molecular flexibility index (Phi) is 5.63. The van der Waals surface area contributed by atoms with Crippen molar-refractivity contribution in [3.05, 3.63) is 24.0 Å². The molecule has 1 N–H and O–H groups in total. The maximum Gasteiger partial charge on any atom is 0.137 e. The van der Waals surface area contributed by atoms with Crippen LogP contribution in [0.25, 0.3) is 0 Å². The average Bonchev–Trinajstić information content (AvgIpc) is 2.26. The number of nitrogens with zero attached hydrogens (tertiary/aromatic N) is 1. The van der Waals surface area contributed by atoms with Crippen LogP contribution in [0, 0.1) is 0 Å². The Hall–Kier alpha value is -0.740. The molecule has 16 heavy (non-hydrogen) atoms. The number of thioether (sulfide) groups is 1. The molecule has 1 aromatic rings. The Labute approximate surface area is 101 Å². The molecule has 1 unspecified atom stereocenters. The van der Waals surface area contributed by atoms with Crippen LogP contribution in [0.3, 0.4) is 0 Å². The minimum absolute atomic E-state index is 0.472. The summed E-state index contributed by atoms with van der Waals surface area (Å²) in [5.74, 6) is 1.41. The molecule has 1 aromatic heterocycles. The van der Waals surface area contributed by atoms with Crippen LogP contribution in [0.5, 0.6) is 5.75 Å². The first-order valence-corrected chi connectivity index (χ1v) is 6.55. The van der Waals surface area contributed by atoms with E-state index in [1.165, 1.54) is 0 Å². The number of rotatable bonds is 6. The molecule has 0 aliphatic heterocycles. The van der Waals surface area contributed by atoms with Crippen LogP contribution in [0.1, 0.15) is 32.4 Å². The van der Waals surface area contributed by atoms with Gasteiger partial charge in [0, 0.05) is 17.5 Å². The number of ether oxygens (including phenoxy) is 1. The number of hydrogen-bond acceptors (Lipinski definition) is 4. The highest BCUT2D eigenvalue weighted by Gasteiger charge is 2.10. The molecule has 1 heterocycles. The van der Waals surface area contributed by atoms with Gasteiger partial charge < -0.3 is 9.84 Å². The maximum atomic E-state index is 9.95. The van der Waals surface area contributed by atoms with Gasteiger partial charge in [-0.2, -0.15) is 11.8 Å². The van der Waals surface area contributed by atoms with Crippen molar-refractivity contribution in [1.29, 1.82) is 0 Å². The van der Waals surface area contributed by atoms with Gasteiger partial charge in [-0.1, -0.05) is 13.8 Å². The van der Waals surface area contributed by atoms with Crippen molar-refractivity contribution >= 4 is 11.8 Å². The third kappa shape index (κ3) is 4.41. The van der Waals surface area contributed by atoms with Crippen LogP contribution < -0.4 is 4.74 Å². The first-order valence-electron chi connectivity index (χ1n) is 5.51. The zero-order valence-corrected chi connectivity index (χ0v) is 10.8. The van der Waals surface area contributed by atoms with E-state index >= 15 is 0 Å². The zero-order valence-electron chi connectivity index (χ0n) is 10.0. The second kappa shape index (κ2) is 6.76. The molecule has 0 aliphatic rings. The van der Waals surface area contributed by atoms with E-state index < -0.39 is 6.10 Å². The van der Waals surface area contributed by atoms with Crippen molar-refractivity contribution in [2.75, 3.05) is 12.4 Å². The standard InChI is InChI=1S/C12H19NO2S/c1-4-15-11-5-10(6-13-7-11)12(14)8-16-9(2)3/h5-7,9,12,14H,4,8H2,1-3H3. The van der Waals surface area contributed by atoms with Gasteiger partial charge in [0.1, 0.15) is 5.75 Å². The van der Waals surface area contributed by atoms with Crippen LogP contribution >= 0.6 is 11.8 Å². The predicted molar refractivity (Wildman–Crippen MR) is 68.0 cm³/mol. The SMILES string of the molecule is CCOc1cncc(C(O)CSC(C)C)c1. The van der Waals surface area contributed by atoms with Gasteiger partial charge in [-0.3, -0.25) is 4.98 Å². The molecule has 1 atom stereocenters. The van der Waals surface area contributed by atoms with E-state index in [4.69, 9.17) is 4.74 Å². The summed E-state index contributed by atoms with van der Waals surface area (Å²) in [5.41, 5.74) is 0.819. The van der Waals surface area contributed by atoms with E-state index in [0.717, 1.165) is 5.56 Å². The van der Waals surface area contributed by atoms with Crippen LogP contribution in [0.2, 0.25) is 0 Å². The fraction of sp³-hybridized carbons (Fsp3) is 0.583. The summed E-state index contributed by atoms with van der Waals surface area (Å²) in [4.78, 5) is 4.06. The number of aliphatic hydroxyl groups excluding tert-OH is 1. The van der Waals surface area contributed by atoms with Crippen molar-refractivity contribution in [3.8, 4) is 5.75 Å². The number of aliphatic hydroxyl groups is 1. The second-order valence-electron chi connectivity index (χ2n) is 3.78. The molecule has 0 fully saturated rings. The Morgan fingerprint density at radius 2 is 2.19 bits per heavy atom. The van der Waals surface area contributed by atoms with E-state index in [9.17, 15) is 5.11 Å². The van der Waals surface area contributed by atoms with Crippen molar-refractivity contribution < 1.29 is 9.84 Å². The summed E-state index contributed by atoms with van der Waals surface area (Å²) in [7, 11) is 0. The lowest BCUT2D eigenvalue weighted by atomic mass is 10.2. The first-order chi connectivity index (χ1) is 7.63. The van der Waals surface area contributed by atoms with Crippen LogP contribution in [0.15, 0.2) is 18.5 Å². The van der Waals surface area contributed by atoms with Gasteiger partial charge >= 0.3 is 0 Å². The van der Waals surface area contributed by atoms with Gasteiger partial charge in [-0.25, -0.2) is 0 Å². The highest BCUT2D eigenvalue weighted by molar-refractivity contribution is 7.99. The molecule has 0 aromatic carbocycles. The summed E-state index contributed by atoms with van der Waals surface area (Å²) in [6.07, 6.45) is 2.88. The van der Waals surface area contributed by atoms with Crippen molar-refractivity contribution in [2.24, 2.45) is 0 Å². The second-order valence-corrected chi connectivity index (χ2v) is 5.39. The van der Waals surface area contributed by atoms with E-state index in [2.05, 4.69) is 18.8 Å². The summed E-state index contributed by atoms with van der Waals surface area (Å²) in [5, 5.41) is 10.5. The van der Waals surface area contributed by atoms with Gasteiger partial charge in [-0.15, -0.1) is 0 Å². The van der Waals surface area contributed by atoms with Gasteiger partial charge in [0.25, 0.3) is 0 Å². The quantitative estimate of drug-likeness (QED) is 0.831. The van der Waals surface area contributed by atoms with E-state index in [1.54, 1.807) is 24.2 Å². The highest BCUT2D eigenvalue weighted by atomic mass is 32.2. The van der Waals surface area contributed by atoms with Crippen LogP contribution in [0.4, 0.5) is 0 Å². The van der Waals surface area contributed by atoms with Gasteiger partial charge in [0.15, 0.2) is 0 Å². The van der Waals surface area contributed by atoms with Gasteiger partial charge in [0.2, 0.25) is 0 Å². The van der Waals surface area contributed by atoms with Gasteiger partial charge in [-0.05, 0) is 18.2 Å². The Balaban J connectivity index is 2.60. The summed E-state index contributed by atoms with van der Waals surface area (Å²) >= 11 is 1.73. The average molecular weight is 241 g/mol. The number of hydrogen-bond donors (Lipinski definition) is 1. The zero-order chi connectivity index (χ0) is 12.0. The van der Waals surface area contributed by atoms with E-state index in [-0.39, 0.29) is 0 Å². The highest BCUT2D eigenvalue weighted by Crippen LogP contribution is 2.23. The lowest BCUT2D eigenvalue weighted by Crippen LogP contribution is -2.04. The molecule has 4 heteroatoms. The summed E-state index contributed by atoms with van der Waals surface area (Å²) in [6.45, 7) is 6.78. The lowest BCUT2D eigenvalue weighted by Gasteiger charge is -2.13. The minimum Gasteiger partial charge on any atom is -0.492 e. The lowest BCUT2D eigenvalue weighted by molar-refractivity contribution is 0.202. The molecule has 0 saturated carbocycles. The molecule has 0 saturated heterocycles. The van der Waals surface area contributed by atoms with Crippen molar-refractivity contribution in [3.63, 3.8) is 0 Å². The molecule has 3 nitrogen and oxygen atoms in total. The van der Waals surface area contributed by atoms with Crippen LogP contribution in [-0.2, 0) is 0 Å². The molecule has 0 bridgehead atoms. The molecular formula is C12H19NO2S. The normalized spacial score (nSPS) is 12.8. The van der Waals surface area contributed by atoms with Crippen molar-refractivity contribution in [1.82, 2.24) is 4.98 Å². The van der Waals surface area contributed by atoms with E-state index in [1.807, 2.05) is 13.0 Å². The molecule has 90 valence electrons. The molecule has 0 radical (unpaired) electrons. The van der Waals surface area contributed by atoms with Crippen LogP contribution in [-0.4, -0.2) is 27.7 Å². The first kappa shape index (κ1) is 13.3. The number of aromatic nitrogens is 1. The smallest absolute Gasteiger partial charge is 0.137 e. The largest absolute Gasteiger partial charge is 0.492 e. The Morgan fingerprint density at radius 1 is 1.44 bits per heavy atom. The predicted octanol–water partition coefficient (Wildman–Crippen LogP) is 2.66. The monoisotopic (exact) mass is 241 g/mol. The van der Waals surface area contributed by atoms with E-state index in [0.29, 0.717) is 23.4 Å². The molecular weight excluding hydrogens is 222 g/mol. The molecule has 0 aliphatic carbocycles.